The van der Waals surface area contributed by atoms with E-state index >= 15 is 0 Å². The maximum absolute atomic E-state index is 12.0. The van der Waals surface area contributed by atoms with Gasteiger partial charge in [0.25, 0.3) is 0 Å². The molecule has 0 atom stereocenters. The highest BCUT2D eigenvalue weighted by Crippen LogP contribution is 2.29. The first kappa shape index (κ1) is 18.3. The Balaban J connectivity index is 1.77. The molecule has 7 heteroatoms. The molecule has 2 aromatic rings. The number of unbranched alkanes of at least 4 members (excludes halogenated alkanes) is 1. The number of hydrogen-bond donors (Lipinski definition) is 1. The highest BCUT2D eigenvalue weighted by atomic mass is 32.2. The van der Waals surface area contributed by atoms with Crippen LogP contribution in [0.5, 0.6) is 0 Å². The Morgan fingerprint density at radius 1 is 1.22 bits per heavy atom. The molecule has 0 saturated heterocycles. The molecule has 1 amide bonds. The van der Waals surface area contributed by atoms with E-state index in [1.807, 2.05) is 18.2 Å². The van der Waals surface area contributed by atoms with Crippen LogP contribution in [0, 0.1) is 0 Å². The first-order valence-electron chi connectivity index (χ1n) is 7.69. The van der Waals surface area contributed by atoms with Gasteiger partial charge in [-0.05, 0) is 30.5 Å². The maximum atomic E-state index is 12.0. The smallest absolute Gasteiger partial charge is 0.234 e. The number of amides is 1. The van der Waals surface area contributed by atoms with Gasteiger partial charge in [-0.25, -0.2) is 0 Å². The van der Waals surface area contributed by atoms with Crippen molar-refractivity contribution in [1.29, 1.82) is 0 Å². The molecule has 0 bridgehead atoms. The molecule has 4 nitrogen and oxygen atoms in total. The summed E-state index contributed by atoms with van der Waals surface area (Å²) in [6.45, 7) is 4.28. The van der Waals surface area contributed by atoms with Gasteiger partial charge < -0.3 is 5.32 Å². The minimum absolute atomic E-state index is 0.0151. The molecular weight excluding hydrogens is 346 g/mol. The molecule has 1 aromatic carbocycles. The predicted molar refractivity (Wildman–Crippen MR) is 101 cm³/mol. The third kappa shape index (κ3) is 6.53. The Kier molecular flexibility index (Phi) is 7.91. The second kappa shape index (κ2) is 9.95. The molecular formula is C16H21N3OS3. The molecule has 124 valence electrons. The number of benzene rings is 1. The minimum Gasteiger partial charge on any atom is -0.325 e. The van der Waals surface area contributed by atoms with E-state index in [4.69, 9.17) is 0 Å². The lowest BCUT2D eigenvalue weighted by molar-refractivity contribution is -0.113. The van der Waals surface area contributed by atoms with E-state index in [-0.39, 0.29) is 5.91 Å². The predicted octanol–water partition coefficient (Wildman–Crippen LogP) is 4.72. The molecule has 23 heavy (non-hydrogen) atoms. The van der Waals surface area contributed by atoms with Gasteiger partial charge in [-0.3, -0.25) is 4.79 Å². The van der Waals surface area contributed by atoms with Gasteiger partial charge >= 0.3 is 0 Å². The van der Waals surface area contributed by atoms with Gasteiger partial charge in [-0.15, -0.1) is 10.2 Å². The zero-order chi connectivity index (χ0) is 16.5. The maximum Gasteiger partial charge on any atom is 0.234 e. The number of nitrogens with zero attached hydrogens (tertiary/aromatic N) is 2. The second-order valence-corrected chi connectivity index (χ2v) is 8.47. The van der Waals surface area contributed by atoms with Gasteiger partial charge in [0, 0.05) is 11.4 Å². The molecule has 0 unspecified atom stereocenters. The Bertz CT molecular complexity index is 631. The Morgan fingerprint density at radius 2 is 2.00 bits per heavy atom. The van der Waals surface area contributed by atoms with Gasteiger partial charge in [0.05, 0.1) is 5.75 Å². The largest absolute Gasteiger partial charge is 0.325 e. The van der Waals surface area contributed by atoms with Crippen LogP contribution in [0.4, 0.5) is 5.69 Å². The van der Waals surface area contributed by atoms with Crippen molar-refractivity contribution in [2.75, 3.05) is 16.8 Å². The van der Waals surface area contributed by atoms with Crippen LogP contribution in [0.15, 0.2) is 32.9 Å². The number of aromatic nitrogens is 2. The van der Waals surface area contributed by atoms with Crippen LogP contribution < -0.4 is 5.32 Å². The third-order valence-electron chi connectivity index (χ3n) is 3.06. The summed E-state index contributed by atoms with van der Waals surface area (Å²) < 4.78 is 1.83. The SMILES string of the molecule is CCCCSc1nnc(SCC(=O)Nc2cccc(CC)c2)s1. The number of thioether (sulfide) groups is 2. The van der Waals surface area contributed by atoms with Crippen molar-refractivity contribution in [1.82, 2.24) is 10.2 Å². The summed E-state index contributed by atoms with van der Waals surface area (Å²) in [5.74, 6) is 1.41. The lowest BCUT2D eigenvalue weighted by atomic mass is 10.1. The van der Waals surface area contributed by atoms with Crippen LogP contribution in [-0.4, -0.2) is 27.6 Å². The zero-order valence-corrected chi connectivity index (χ0v) is 15.8. The summed E-state index contributed by atoms with van der Waals surface area (Å²) in [6.07, 6.45) is 3.33. The number of anilines is 1. The normalized spacial score (nSPS) is 10.7. The molecule has 1 heterocycles. The van der Waals surface area contributed by atoms with Crippen LogP contribution in [0.3, 0.4) is 0 Å². The highest BCUT2D eigenvalue weighted by molar-refractivity contribution is 8.03. The second-order valence-electron chi connectivity index (χ2n) is 4.93. The fourth-order valence-electron chi connectivity index (χ4n) is 1.81. The summed E-state index contributed by atoms with van der Waals surface area (Å²) >= 11 is 4.74. The molecule has 0 aliphatic carbocycles. The summed E-state index contributed by atoms with van der Waals surface area (Å²) in [5, 5.41) is 11.2. The quantitative estimate of drug-likeness (QED) is 0.513. The van der Waals surface area contributed by atoms with Crippen molar-refractivity contribution in [2.45, 2.75) is 41.8 Å². The summed E-state index contributed by atoms with van der Waals surface area (Å²) in [4.78, 5) is 12.0. The molecule has 0 saturated carbocycles. The monoisotopic (exact) mass is 367 g/mol. The average molecular weight is 368 g/mol. The number of nitrogens with one attached hydrogen (secondary N) is 1. The van der Waals surface area contributed by atoms with Crippen LogP contribution in [0.2, 0.25) is 0 Å². The van der Waals surface area contributed by atoms with Crippen LogP contribution in [0.25, 0.3) is 0 Å². The molecule has 0 fully saturated rings. The molecule has 2 rings (SSSR count). The van der Waals surface area contributed by atoms with E-state index in [9.17, 15) is 4.79 Å². The van der Waals surface area contributed by atoms with Crippen molar-refractivity contribution in [3.8, 4) is 0 Å². The lowest BCUT2D eigenvalue weighted by Gasteiger charge is -2.05. The fourth-order valence-corrected chi connectivity index (χ4v) is 4.79. The number of hydrogen-bond acceptors (Lipinski definition) is 6. The summed E-state index contributed by atoms with van der Waals surface area (Å²) in [6, 6.07) is 7.95. The zero-order valence-electron chi connectivity index (χ0n) is 13.4. The minimum atomic E-state index is -0.0151. The van der Waals surface area contributed by atoms with Crippen molar-refractivity contribution < 1.29 is 4.79 Å². The number of rotatable bonds is 9. The van der Waals surface area contributed by atoms with E-state index in [0.29, 0.717) is 5.75 Å². The van der Waals surface area contributed by atoms with Gasteiger partial charge in [0.2, 0.25) is 5.91 Å². The van der Waals surface area contributed by atoms with E-state index in [0.717, 1.165) is 26.5 Å². The van der Waals surface area contributed by atoms with Crippen LogP contribution in [-0.2, 0) is 11.2 Å². The Labute approximate surface area is 149 Å². The van der Waals surface area contributed by atoms with E-state index in [2.05, 4.69) is 35.4 Å². The average Bonchev–Trinajstić information content (AvgIpc) is 3.01. The summed E-state index contributed by atoms with van der Waals surface area (Å²) in [7, 11) is 0. The molecule has 0 aliphatic rings. The van der Waals surface area contributed by atoms with Crippen LogP contribution >= 0.6 is 34.9 Å². The van der Waals surface area contributed by atoms with Crippen molar-refractivity contribution in [2.24, 2.45) is 0 Å². The fraction of sp³-hybridized carbons (Fsp3) is 0.438. The van der Waals surface area contributed by atoms with Crippen molar-refractivity contribution >= 4 is 46.5 Å². The molecule has 0 aliphatic heterocycles. The molecule has 0 spiro atoms. The molecule has 1 N–H and O–H groups in total. The first-order chi connectivity index (χ1) is 11.2. The Hall–Kier alpha value is -1.05. The van der Waals surface area contributed by atoms with Gasteiger partial charge in [-0.1, -0.05) is 67.3 Å². The molecule has 1 aromatic heterocycles. The van der Waals surface area contributed by atoms with Crippen LogP contribution in [0.1, 0.15) is 32.3 Å². The number of carbonyl (C=O) groups excluding carboxylic acids is 1. The number of carbonyl (C=O) groups is 1. The van der Waals surface area contributed by atoms with E-state index in [1.54, 1.807) is 23.1 Å². The highest BCUT2D eigenvalue weighted by Gasteiger charge is 2.09. The Morgan fingerprint density at radius 3 is 2.74 bits per heavy atom. The lowest BCUT2D eigenvalue weighted by Crippen LogP contribution is -2.14. The van der Waals surface area contributed by atoms with Gasteiger partial charge in [0.15, 0.2) is 8.68 Å². The van der Waals surface area contributed by atoms with Gasteiger partial charge in [0.1, 0.15) is 0 Å². The topological polar surface area (TPSA) is 54.9 Å². The first-order valence-corrected chi connectivity index (χ1v) is 10.5. The van der Waals surface area contributed by atoms with E-state index < -0.39 is 0 Å². The van der Waals surface area contributed by atoms with Crippen molar-refractivity contribution in [3.63, 3.8) is 0 Å². The third-order valence-corrected chi connectivity index (χ3v) is 6.33. The standard InChI is InChI=1S/C16H21N3OS3/c1-3-5-9-21-15-18-19-16(23-15)22-11-14(20)17-13-8-6-7-12(4-2)10-13/h6-8,10H,3-5,9,11H2,1-2H3,(H,17,20). The van der Waals surface area contributed by atoms with Crippen molar-refractivity contribution in [3.05, 3.63) is 29.8 Å². The summed E-state index contributed by atoms with van der Waals surface area (Å²) in [5.41, 5.74) is 2.07. The van der Waals surface area contributed by atoms with Gasteiger partial charge in [-0.2, -0.15) is 0 Å². The molecule has 0 radical (unpaired) electrons. The number of aryl methyl sites for hydroxylation is 1. The van der Waals surface area contributed by atoms with E-state index in [1.165, 1.54) is 30.2 Å².